The summed E-state index contributed by atoms with van der Waals surface area (Å²) in [6.07, 6.45) is 0.0840. The predicted octanol–water partition coefficient (Wildman–Crippen LogP) is 7.57. The first-order valence-corrected chi connectivity index (χ1v) is 17.6. The van der Waals surface area contributed by atoms with Crippen molar-refractivity contribution in [2.45, 2.75) is 63.0 Å². The van der Waals surface area contributed by atoms with Gasteiger partial charge in [-0.1, -0.05) is 67.1 Å². The number of benzene rings is 3. The minimum atomic E-state index is -1.21. The fraction of sp³-hybridized carbons (Fsp3) is 0.355. The molecule has 2 N–H and O–H groups in total. The molecule has 3 aromatic carbocycles. The summed E-state index contributed by atoms with van der Waals surface area (Å²) in [4.78, 5) is 26.8. The van der Waals surface area contributed by atoms with Crippen LogP contribution in [0.5, 0.6) is 0 Å². The molecule has 3 aromatic rings. The smallest absolute Gasteiger partial charge is 0.238 e. The molecule has 0 bridgehead atoms. The van der Waals surface area contributed by atoms with E-state index in [-0.39, 0.29) is 18.2 Å². The van der Waals surface area contributed by atoms with Gasteiger partial charge in [-0.25, -0.2) is 4.39 Å². The van der Waals surface area contributed by atoms with Crippen molar-refractivity contribution in [3.63, 3.8) is 0 Å². The minimum absolute atomic E-state index is 0.0840. The highest BCUT2D eigenvalue weighted by Gasteiger charge is 2.61. The zero-order chi connectivity index (χ0) is 29.4. The number of carbonyl (C=O) groups excluding carboxylic acids is 2. The van der Waals surface area contributed by atoms with Gasteiger partial charge in [-0.05, 0) is 72.5 Å². The van der Waals surface area contributed by atoms with Crippen LogP contribution in [0.4, 0.5) is 10.1 Å². The number of hydrogen-bond acceptors (Lipinski definition) is 3. The predicted molar refractivity (Wildman–Crippen MR) is 162 cm³/mol. The highest BCUT2D eigenvalue weighted by molar-refractivity contribution is 6.77. The standard InChI is InChI=1S/C25H19Cl2FN2O2.C6H16OSi/c1-13-5-7-17(28)11-18(13)23-25(19-8-6-16(27)10-21(19)29-24(25)32)20(12-22(31)30-23)14-3-2-4-15(26)9-14;1-6(7-2)8(3,4)5/h2-11,20,23H,12H2,1H3,(H,29,32)(H,30,31);6H,1-5H3. The first-order valence-electron chi connectivity index (χ1n) is 13.2. The Morgan fingerprint density at radius 1 is 1.02 bits per heavy atom. The lowest BCUT2D eigenvalue weighted by Gasteiger charge is -2.46. The maximum Gasteiger partial charge on any atom is 0.238 e. The number of fused-ring (bicyclic) bond motifs is 2. The second-order valence-electron chi connectivity index (χ2n) is 11.6. The summed E-state index contributed by atoms with van der Waals surface area (Å²) < 4.78 is 19.5. The molecule has 5 nitrogen and oxygen atoms in total. The number of nitrogens with one attached hydrogen (secondary N) is 2. The summed E-state index contributed by atoms with van der Waals surface area (Å²) in [6, 6.07) is 16.1. The van der Waals surface area contributed by atoms with Crippen LogP contribution in [-0.2, 0) is 19.7 Å². The number of carbonyl (C=O) groups is 2. The molecule has 2 amide bonds. The van der Waals surface area contributed by atoms with Crippen molar-refractivity contribution in [2.75, 3.05) is 12.4 Å². The molecular formula is C31H35Cl2FN2O3Si. The van der Waals surface area contributed by atoms with Crippen LogP contribution < -0.4 is 10.6 Å². The van der Waals surface area contributed by atoms with Gasteiger partial charge in [-0.3, -0.25) is 9.59 Å². The Hall–Kier alpha value is -2.71. The van der Waals surface area contributed by atoms with Gasteiger partial charge in [0.2, 0.25) is 11.8 Å². The second kappa shape index (κ2) is 11.6. The zero-order valence-electron chi connectivity index (χ0n) is 23.6. The molecule has 2 heterocycles. The van der Waals surface area contributed by atoms with Crippen molar-refractivity contribution >= 4 is 48.8 Å². The number of anilines is 1. The van der Waals surface area contributed by atoms with Crippen LogP contribution in [-0.4, -0.2) is 32.7 Å². The van der Waals surface area contributed by atoms with Gasteiger partial charge in [0, 0.05) is 40.9 Å². The molecule has 4 unspecified atom stereocenters. The molecule has 1 saturated heterocycles. The van der Waals surface area contributed by atoms with E-state index in [0.29, 0.717) is 32.6 Å². The lowest BCUT2D eigenvalue weighted by Crippen LogP contribution is -2.57. The minimum Gasteiger partial charge on any atom is -0.385 e. The van der Waals surface area contributed by atoms with Gasteiger partial charge in [-0.15, -0.1) is 0 Å². The van der Waals surface area contributed by atoms with E-state index in [1.54, 1.807) is 43.5 Å². The summed E-state index contributed by atoms with van der Waals surface area (Å²) in [5.74, 6) is -1.45. The summed E-state index contributed by atoms with van der Waals surface area (Å²) in [5.41, 5.74) is 2.68. The fourth-order valence-electron chi connectivity index (χ4n) is 5.55. The molecule has 2 aliphatic rings. The average molecular weight is 602 g/mol. The first-order chi connectivity index (χ1) is 18.8. The third-order valence-corrected chi connectivity index (χ3v) is 11.3. The van der Waals surface area contributed by atoms with Crippen molar-refractivity contribution < 1.29 is 18.7 Å². The van der Waals surface area contributed by atoms with Gasteiger partial charge in [0.05, 0.1) is 14.1 Å². The van der Waals surface area contributed by atoms with Gasteiger partial charge in [0.15, 0.2) is 0 Å². The molecule has 1 fully saturated rings. The Morgan fingerprint density at radius 3 is 2.35 bits per heavy atom. The van der Waals surface area contributed by atoms with Gasteiger partial charge in [0.25, 0.3) is 0 Å². The molecule has 212 valence electrons. The van der Waals surface area contributed by atoms with Crippen LogP contribution in [0.3, 0.4) is 0 Å². The van der Waals surface area contributed by atoms with Crippen molar-refractivity contribution in [3.8, 4) is 0 Å². The monoisotopic (exact) mass is 600 g/mol. The largest absolute Gasteiger partial charge is 0.385 e. The molecule has 0 aliphatic carbocycles. The number of hydrogen-bond donors (Lipinski definition) is 2. The van der Waals surface area contributed by atoms with Crippen molar-refractivity contribution in [1.82, 2.24) is 5.32 Å². The van der Waals surface area contributed by atoms with Gasteiger partial charge in [0.1, 0.15) is 11.2 Å². The quantitative estimate of drug-likeness (QED) is 0.303. The van der Waals surface area contributed by atoms with E-state index in [1.807, 2.05) is 19.1 Å². The number of halogens is 3. The zero-order valence-corrected chi connectivity index (χ0v) is 26.1. The van der Waals surface area contributed by atoms with Crippen LogP contribution in [0.2, 0.25) is 29.7 Å². The molecule has 9 heteroatoms. The molecule has 2 aliphatic heterocycles. The van der Waals surface area contributed by atoms with Crippen LogP contribution in [0, 0.1) is 12.7 Å². The fourth-order valence-corrected chi connectivity index (χ4v) is 6.62. The van der Waals surface area contributed by atoms with Gasteiger partial charge < -0.3 is 15.4 Å². The highest BCUT2D eigenvalue weighted by Crippen LogP contribution is 2.58. The highest BCUT2D eigenvalue weighted by atomic mass is 35.5. The number of ether oxygens (including phenoxy) is 1. The molecule has 4 atom stereocenters. The molecule has 0 radical (unpaired) electrons. The number of amides is 2. The second-order valence-corrected chi connectivity index (χ2v) is 18.0. The summed E-state index contributed by atoms with van der Waals surface area (Å²) >= 11 is 12.5. The van der Waals surface area contributed by atoms with Crippen LogP contribution in [0.25, 0.3) is 0 Å². The maximum absolute atomic E-state index is 14.3. The Kier molecular flexibility index (Phi) is 8.81. The number of piperidine rings is 1. The van der Waals surface area contributed by atoms with E-state index in [1.165, 1.54) is 12.1 Å². The molecule has 0 saturated carbocycles. The topological polar surface area (TPSA) is 67.4 Å². The molecule has 5 rings (SSSR count). The van der Waals surface area contributed by atoms with Crippen molar-refractivity contribution in [1.29, 1.82) is 0 Å². The van der Waals surface area contributed by atoms with Crippen LogP contribution in [0.1, 0.15) is 47.6 Å². The lowest BCUT2D eigenvalue weighted by molar-refractivity contribution is -0.131. The maximum atomic E-state index is 14.3. The summed E-state index contributed by atoms with van der Waals surface area (Å²) in [7, 11) is 0.798. The third-order valence-electron chi connectivity index (χ3n) is 8.13. The van der Waals surface area contributed by atoms with Gasteiger partial charge in [-0.2, -0.15) is 0 Å². The van der Waals surface area contributed by atoms with E-state index in [2.05, 4.69) is 37.2 Å². The first kappa shape index (κ1) is 30.3. The van der Waals surface area contributed by atoms with E-state index < -0.39 is 31.3 Å². The van der Waals surface area contributed by atoms with E-state index in [9.17, 15) is 14.0 Å². The lowest BCUT2D eigenvalue weighted by atomic mass is 9.59. The van der Waals surface area contributed by atoms with Crippen LogP contribution in [0.15, 0.2) is 60.7 Å². The number of methoxy groups -OCH3 is 1. The van der Waals surface area contributed by atoms with E-state index >= 15 is 0 Å². The Morgan fingerprint density at radius 2 is 1.73 bits per heavy atom. The average Bonchev–Trinajstić information content (AvgIpc) is 3.17. The Bertz CT molecular complexity index is 1440. The third kappa shape index (κ3) is 5.70. The number of rotatable bonds is 4. The summed E-state index contributed by atoms with van der Waals surface area (Å²) in [6.45, 7) is 10.9. The van der Waals surface area contributed by atoms with E-state index in [0.717, 1.165) is 11.1 Å². The molecule has 0 aromatic heterocycles. The SMILES string of the molecule is COC(C)[Si](C)(C)C.Cc1ccc(F)cc1C1NC(=O)CC(c2cccc(Cl)c2)C12C(=O)Nc1cc(Cl)ccc12. The van der Waals surface area contributed by atoms with Crippen LogP contribution >= 0.6 is 23.2 Å². The molecule has 40 heavy (non-hydrogen) atoms. The molecule has 1 spiro atoms. The van der Waals surface area contributed by atoms with Crippen molar-refractivity contribution in [3.05, 3.63) is 98.8 Å². The van der Waals surface area contributed by atoms with Crippen molar-refractivity contribution in [2.24, 2.45) is 0 Å². The Balaban J connectivity index is 0.000000406. The van der Waals surface area contributed by atoms with E-state index in [4.69, 9.17) is 27.9 Å². The Labute approximate surface area is 246 Å². The normalized spacial score (nSPS) is 22.6. The summed E-state index contributed by atoms with van der Waals surface area (Å²) in [5, 5.41) is 6.96. The molecular weight excluding hydrogens is 566 g/mol. The number of aryl methyl sites for hydroxylation is 1. The van der Waals surface area contributed by atoms with Gasteiger partial charge >= 0.3 is 0 Å².